The van der Waals surface area contributed by atoms with Crippen LogP contribution in [0.15, 0.2) is 16.8 Å². The van der Waals surface area contributed by atoms with E-state index in [2.05, 4.69) is 0 Å². The summed E-state index contributed by atoms with van der Waals surface area (Å²) in [5.74, 6) is -0.280. The van der Waals surface area contributed by atoms with E-state index < -0.39 is 6.09 Å². The molecule has 6 nitrogen and oxygen atoms in total. The number of amides is 3. The molecule has 1 aromatic rings. The molecule has 0 radical (unpaired) electrons. The van der Waals surface area contributed by atoms with Gasteiger partial charge in [0.15, 0.2) is 6.61 Å². The summed E-state index contributed by atoms with van der Waals surface area (Å²) in [7, 11) is 0. The van der Waals surface area contributed by atoms with Gasteiger partial charge in [-0.3, -0.25) is 9.59 Å². The molecule has 7 heteroatoms. The van der Waals surface area contributed by atoms with Crippen LogP contribution in [0.5, 0.6) is 0 Å². The topological polar surface area (TPSA) is 66.9 Å². The van der Waals surface area contributed by atoms with Gasteiger partial charge in [-0.05, 0) is 28.8 Å². The summed E-state index contributed by atoms with van der Waals surface area (Å²) in [6, 6.07) is 1.68. The molecule has 2 aliphatic heterocycles. The summed E-state index contributed by atoms with van der Waals surface area (Å²) >= 11 is 1.56. The molecule has 106 valence electrons. The van der Waals surface area contributed by atoms with Gasteiger partial charge in [0, 0.05) is 13.1 Å². The van der Waals surface area contributed by atoms with Gasteiger partial charge in [-0.2, -0.15) is 11.3 Å². The Morgan fingerprint density at radius 1 is 1.45 bits per heavy atom. The second-order valence-electron chi connectivity index (χ2n) is 4.91. The predicted molar refractivity (Wildman–Crippen MR) is 71.2 cm³/mol. The van der Waals surface area contributed by atoms with Crippen molar-refractivity contribution in [3.63, 3.8) is 0 Å². The van der Waals surface area contributed by atoms with Crippen molar-refractivity contribution in [2.45, 2.75) is 18.9 Å². The number of thiophene rings is 1. The molecule has 0 N–H and O–H groups in total. The third-order valence-corrected chi connectivity index (χ3v) is 4.33. The SMILES string of the molecule is O=C(Cc1ccsc1)N1CCC(N2C(=O)COC2=O)C1. The maximum absolute atomic E-state index is 12.1. The number of carbonyl (C=O) groups is 3. The van der Waals surface area contributed by atoms with Crippen molar-refractivity contribution in [3.05, 3.63) is 22.4 Å². The number of hydrogen-bond acceptors (Lipinski definition) is 5. The van der Waals surface area contributed by atoms with Crippen LogP contribution in [0.4, 0.5) is 4.79 Å². The van der Waals surface area contributed by atoms with Gasteiger partial charge in [-0.1, -0.05) is 0 Å². The van der Waals surface area contributed by atoms with E-state index in [9.17, 15) is 14.4 Å². The van der Waals surface area contributed by atoms with E-state index in [0.29, 0.717) is 25.9 Å². The first-order chi connectivity index (χ1) is 9.65. The van der Waals surface area contributed by atoms with E-state index >= 15 is 0 Å². The maximum atomic E-state index is 12.1. The van der Waals surface area contributed by atoms with E-state index in [1.165, 1.54) is 0 Å². The van der Waals surface area contributed by atoms with Crippen LogP contribution in [-0.2, 0) is 20.7 Å². The van der Waals surface area contributed by atoms with Gasteiger partial charge in [-0.15, -0.1) is 0 Å². The third-order valence-electron chi connectivity index (χ3n) is 3.60. The Bertz CT molecular complexity index is 527. The minimum atomic E-state index is -0.591. The monoisotopic (exact) mass is 294 g/mol. The van der Waals surface area contributed by atoms with E-state index in [1.54, 1.807) is 16.2 Å². The Morgan fingerprint density at radius 3 is 2.95 bits per heavy atom. The average molecular weight is 294 g/mol. The van der Waals surface area contributed by atoms with E-state index in [-0.39, 0.29) is 24.5 Å². The van der Waals surface area contributed by atoms with Gasteiger partial charge in [0.1, 0.15) is 0 Å². The van der Waals surface area contributed by atoms with Crippen molar-refractivity contribution in [2.24, 2.45) is 0 Å². The summed E-state index contributed by atoms with van der Waals surface area (Å²) in [5.41, 5.74) is 1.00. The molecule has 0 spiro atoms. The van der Waals surface area contributed by atoms with Crippen LogP contribution < -0.4 is 0 Å². The van der Waals surface area contributed by atoms with Crippen molar-refractivity contribution in [1.29, 1.82) is 0 Å². The molecule has 0 aromatic carbocycles. The number of imide groups is 1. The first-order valence-electron chi connectivity index (χ1n) is 6.43. The lowest BCUT2D eigenvalue weighted by atomic mass is 10.2. The van der Waals surface area contributed by atoms with Gasteiger partial charge in [0.05, 0.1) is 12.5 Å². The number of ether oxygens (including phenoxy) is 1. The molecule has 0 aliphatic carbocycles. The lowest BCUT2D eigenvalue weighted by Gasteiger charge is -2.20. The summed E-state index contributed by atoms with van der Waals surface area (Å²) in [5, 5.41) is 3.89. The fourth-order valence-electron chi connectivity index (χ4n) is 2.58. The minimum absolute atomic E-state index is 0.0333. The normalized spacial score (nSPS) is 22.5. The Hall–Kier alpha value is -1.89. The molecule has 3 rings (SSSR count). The smallest absolute Gasteiger partial charge is 0.417 e. The Kier molecular flexibility index (Phi) is 3.43. The van der Waals surface area contributed by atoms with E-state index in [1.807, 2.05) is 16.8 Å². The highest BCUT2D eigenvalue weighted by atomic mass is 32.1. The van der Waals surface area contributed by atoms with Crippen molar-refractivity contribution in [1.82, 2.24) is 9.80 Å². The van der Waals surface area contributed by atoms with Crippen LogP contribution in [0.3, 0.4) is 0 Å². The Labute approximate surface area is 119 Å². The van der Waals surface area contributed by atoms with Crippen molar-refractivity contribution >= 4 is 29.2 Å². The molecule has 1 unspecified atom stereocenters. The standard InChI is InChI=1S/C13H14N2O4S/c16-11(5-9-2-4-20-8-9)14-3-1-10(6-14)15-12(17)7-19-13(15)18/h2,4,8,10H,1,3,5-7H2. The number of carbonyl (C=O) groups excluding carboxylic acids is 3. The highest BCUT2D eigenvalue weighted by Gasteiger charge is 2.41. The first-order valence-corrected chi connectivity index (χ1v) is 7.37. The number of nitrogens with zero attached hydrogens (tertiary/aromatic N) is 2. The van der Waals surface area contributed by atoms with Crippen LogP contribution in [0.2, 0.25) is 0 Å². The zero-order chi connectivity index (χ0) is 14.1. The highest BCUT2D eigenvalue weighted by molar-refractivity contribution is 7.07. The van der Waals surface area contributed by atoms with Crippen molar-refractivity contribution in [3.8, 4) is 0 Å². The van der Waals surface area contributed by atoms with Gasteiger partial charge in [-0.25, -0.2) is 9.69 Å². The zero-order valence-corrected chi connectivity index (χ0v) is 11.6. The largest absolute Gasteiger partial charge is 0.439 e. The van der Waals surface area contributed by atoms with Crippen molar-refractivity contribution < 1.29 is 19.1 Å². The molecule has 0 bridgehead atoms. The van der Waals surface area contributed by atoms with Gasteiger partial charge >= 0.3 is 6.09 Å². The van der Waals surface area contributed by atoms with Crippen LogP contribution >= 0.6 is 11.3 Å². The Morgan fingerprint density at radius 2 is 2.30 bits per heavy atom. The lowest BCUT2D eigenvalue weighted by molar-refractivity contribution is -0.131. The summed E-state index contributed by atoms with van der Waals surface area (Å²) in [4.78, 5) is 38.1. The van der Waals surface area contributed by atoms with Crippen LogP contribution in [0, 0.1) is 0 Å². The van der Waals surface area contributed by atoms with Gasteiger partial charge < -0.3 is 9.64 Å². The second kappa shape index (κ2) is 5.24. The van der Waals surface area contributed by atoms with E-state index in [4.69, 9.17) is 4.74 Å². The quantitative estimate of drug-likeness (QED) is 0.829. The number of cyclic esters (lactones) is 1. The summed E-state index contributed by atoms with van der Waals surface area (Å²) < 4.78 is 4.71. The molecular weight excluding hydrogens is 280 g/mol. The fourth-order valence-corrected chi connectivity index (χ4v) is 3.24. The summed E-state index contributed by atoms with van der Waals surface area (Å²) in [6.45, 7) is 0.798. The third kappa shape index (κ3) is 2.40. The number of hydrogen-bond donors (Lipinski definition) is 0. The van der Waals surface area contributed by atoms with Crippen LogP contribution in [0.1, 0.15) is 12.0 Å². The molecule has 0 saturated carbocycles. The second-order valence-corrected chi connectivity index (χ2v) is 5.69. The molecular formula is C13H14N2O4S. The van der Waals surface area contributed by atoms with Crippen LogP contribution in [0.25, 0.3) is 0 Å². The Balaban J connectivity index is 1.60. The van der Waals surface area contributed by atoms with Crippen molar-refractivity contribution in [2.75, 3.05) is 19.7 Å². The van der Waals surface area contributed by atoms with Gasteiger partial charge in [0.25, 0.3) is 5.91 Å². The van der Waals surface area contributed by atoms with Gasteiger partial charge in [0.2, 0.25) is 5.91 Å². The average Bonchev–Trinajstić information content (AvgIpc) is 3.11. The lowest BCUT2D eigenvalue weighted by Crippen LogP contribution is -2.42. The predicted octanol–water partition coefficient (Wildman–Crippen LogP) is 0.870. The number of likely N-dealkylation sites (tertiary alicyclic amines) is 1. The molecule has 1 aromatic heterocycles. The molecule has 3 heterocycles. The maximum Gasteiger partial charge on any atom is 0.417 e. The molecule has 2 aliphatic rings. The molecule has 20 heavy (non-hydrogen) atoms. The molecule has 3 amide bonds. The number of rotatable bonds is 3. The summed E-state index contributed by atoms with van der Waals surface area (Å²) in [6.07, 6.45) is 0.400. The zero-order valence-electron chi connectivity index (χ0n) is 10.8. The van der Waals surface area contributed by atoms with Crippen LogP contribution in [-0.4, -0.2) is 53.4 Å². The molecule has 2 saturated heterocycles. The fraction of sp³-hybridized carbons (Fsp3) is 0.462. The van der Waals surface area contributed by atoms with E-state index in [0.717, 1.165) is 10.5 Å². The highest BCUT2D eigenvalue weighted by Crippen LogP contribution is 2.21. The molecule has 2 fully saturated rings. The minimum Gasteiger partial charge on any atom is -0.439 e. The first kappa shape index (κ1) is 13.1. The molecule has 1 atom stereocenters.